The first-order valence-electron chi connectivity index (χ1n) is 28.1. The summed E-state index contributed by atoms with van der Waals surface area (Å²) in [6.07, 6.45) is -2.41. The molecule has 2 aliphatic rings. The summed E-state index contributed by atoms with van der Waals surface area (Å²) in [5.74, 6) is -21.9. The lowest BCUT2D eigenvalue weighted by Gasteiger charge is -2.34. The highest BCUT2D eigenvalue weighted by Crippen LogP contribution is 2.28. The summed E-state index contributed by atoms with van der Waals surface area (Å²) in [5, 5.41) is 24.6. The van der Waals surface area contributed by atoms with Crippen LogP contribution in [0.4, 0.5) is 17.6 Å². The molecule has 7 atom stereocenters. The van der Waals surface area contributed by atoms with E-state index in [1.807, 2.05) is 0 Å². The second kappa shape index (κ2) is 33.1. The summed E-state index contributed by atoms with van der Waals surface area (Å²) in [6.45, 7) is 16.0. The van der Waals surface area contributed by atoms with E-state index in [1.54, 1.807) is 102 Å². The van der Waals surface area contributed by atoms with Crippen molar-refractivity contribution in [1.82, 2.24) is 41.7 Å². The van der Waals surface area contributed by atoms with Gasteiger partial charge in [-0.05, 0) is 74.3 Å². The van der Waals surface area contributed by atoms with Crippen molar-refractivity contribution in [2.24, 2.45) is 23.7 Å². The Morgan fingerprint density at radius 3 is 1.30 bits per heavy atom. The first-order chi connectivity index (χ1) is 39.4. The van der Waals surface area contributed by atoms with Gasteiger partial charge in [-0.1, -0.05) is 116 Å². The Morgan fingerprint density at radius 1 is 0.548 bits per heavy atom. The summed E-state index contributed by atoms with van der Waals surface area (Å²) in [4.78, 5) is 142. The van der Waals surface area contributed by atoms with Gasteiger partial charge in [-0.3, -0.25) is 52.7 Å². The first-order valence-corrected chi connectivity index (χ1v) is 28.1. The van der Waals surface area contributed by atoms with E-state index in [-0.39, 0.29) is 52.2 Å². The number of carbonyl (C=O) groups excluding carboxylic acids is 11. The Labute approximate surface area is 487 Å². The number of halogens is 4. The molecule has 22 nitrogen and oxygen atoms in total. The van der Waals surface area contributed by atoms with Crippen molar-refractivity contribution in [1.29, 1.82) is 0 Å². The van der Waals surface area contributed by atoms with Crippen LogP contribution in [0, 0.1) is 23.7 Å². The van der Waals surface area contributed by atoms with Crippen LogP contribution in [0.2, 0.25) is 0 Å². The monoisotopic (exact) mass is 1190 g/mol. The maximum absolute atomic E-state index is 15.1. The maximum atomic E-state index is 15.1. The SMILES string of the molecule is CCOC(=O)CC(=O)N[C@H](C(=O)N1CCCC1C(=O)N[C@@H](C(C)C)C(O)C(F)(F)C(=O)NCc1ccccc1)C(C)C.CCOC(=O)CC(=O)N[C@H](C(=O)N1CCCC1C(=O)N[C@H](C(=O)C(F)(F)C(=O)NCc1ccccc1)C(C)C)C(C)C. The van der Waals surface area contributed by atoms with Crippen LogP contribution in [0.5, 0.6) is 0 Å². The molecule has 2 fully saturated rings. The summed E-state index contributed by atoms with van der Waals surface area (Å²) < 4.78 is 69.6. The fourth-order valence-corrected chi connectivity index (χ4v) is 9.23. The predicted molar refractivity (Wildman–Crippen MR) is 297 cm³/mol. The highest BCUT2D eigenvalue weighted by atomic mass is 19.3. The minimum absolute atomic E-state index is 0.0907. The van der Waals surface area contributed by atoms with E-state index in [9.17, 15) is 66.6 Å². The lowest BCUT2D eigenvalue weighted by atomic mass is 9.93. The average Bonchev–Trinajstić information content (AvgIpc) is 4.33. The Morgan fingerprint density at radius 2 is 0.929 bits per heavy atom. The molecule has 0 aliphatic carbocycles. The van der Waals surface area contributed by atoms with E-state index in [4.69, 9.17) is 9.47 Å². The molecule has 3 unspecified atom stereocenters. The Bertz CT molecular complexity index is 2590. The molecule has 0 spiro atoms. The van der Waals surface area contributed by atoms with E-state index < -0.39 is 156 Å². The zero-order chi connectivity index (χ0) is 63.2. The van der Waals surface area contributed by atoms with Gasteiger partial charge in [0, 0.05) is 26.2 Å². The highest BCUT2D eigenvalue weighted by Gasteiger charge is 2.53. The number of esters is 2. The van der Waals surface area contributed by atoms with Crippen molar-refractivity contribution >= 4 is 65.0 Å². The van der Waals surface area contributed by atoms with E-state index in [0.29, 0.717) is 24.0 Å². The van der Waals surface area contributed by atoms with Crippen LogP contribution >= 0.6 is 0 Å². The Hall–Kier alpha value is -7.51. The number of alkyl halides is 4. The van der Waals surface area contributed by atoms with Crippen LogP contribution in [0.15, 0.2) is 60.7 Å². The molecular weight excluding hydrogens is 1110 g/mol. The molecule has 2 saturated heterocycles. The average molecular weight is 1190 g/mol. The number of nitrogens with zero attached hydrogens (tertiary/aromatic N) is 2. The van der Waals surface area contributed by atoms with Gasteiger partial charge < -0.3 is 56.3 Å². The zero-order valence-electron chi connectivity index (χ0n) is 49.3. The van der Waals surface area contributed by atoms with Gasteiger partial charge in [-0.2, -0.15) is 17.6 Å². The van der Waals surface area contributed by atoms with Gasteiger partial charge in [-0.15, -0.1) is 0 Å². The minimum atomic E-state index is -4.42. The van der Waals surface area contributed by atoms with Gasteiger partial charge >= 0.3 is 23.8 Å². The number of amides is 8. The smallest absolute Gasteiger partial charge is 0.383 e. The third-order valence-electron chi connectivity index (χ3n) is 13.9. The number of ketones is 1. The molecule has 4 rings (SSSR count). The third-order valence-corrected chi connectivity index (χ3v) is 13.9. The van der Waals surface area contributed by atoms with Crippen LogP contribution in [-0.2, 0) is 75.3 Å². The van der Waals surface area contributed by atoms with Crippen molar-refractivity contribution in [3.05, 3.63) is 71.8 Å². The molecule has 2 aliphatic heterocycles. The van der Waals surface area contributed by atoms with Gasteiger partial charge in [0.15, 0.2) is 0 Å². The van der Waals surface area contributed by atoms with Gasteiger partial charge in [-0.25, -0.2) is 0 Å². The number of carbonyl (C=O) groups is 11. The topological polar surface area (TPSA) is 305 Å². The lowest BCUT2D eigenvalue weighted by Crippen LogP contribution is -2.61. The molecule has 0 aromatic heterocycles. The van der Waals surface area contributed by atoms with E-state index in [0.717, 1.165) is 0 Å². The molecule has 7 N–H and O–H groups in total. The van der Waals surface area contributed by atoms with Crippen LogP contribution in [0.25, 0.3) is 0 Å². The normalized spacial score (nSPS) is 16.9. The van der Waals surface area contributed by atoms with Crippen molar-refractivity contribution in [3.8, 4) is 0 Å². The van der Waals surface area contributed by atoms with Crippen molar-refractivity contribution < 1.29 is 84.9 Å². The van der Waals surface area contributed by atoms with E-state index in [2.05, 4.69) is 31.9 Å². The fourth-order valence-electron chi connectivity index (χ4n) is 9.23. The summed E-state index contributed by atoms with van der Waals surface area (Å²) in [7, 11) is 0. The molecule has 2 heterocycles. The molecule has 84 heavy (non-hydrogen) atoms. The van der Waals surface area contributed by atoms with Gasteiger partial charge in [0.1, 0.15) is 43.1 Å². The number of rotatable bonds is 28. The number of nitrogens with one attached hydrogen (secondary N) is 6. The number of Topliss-reactive ketones (excluding diaryl/α,β-unsaturated/α-hetero) is 1. The highest BCUT2D eigenvalue weighted by molar-refractivity contribution is 6.11. The molecular formula is C58H82F4N8O14. The Balaban J connectivity index is 0.000000440. The zero-order valence-corrected chi connectivity index (χ0v) is 49.3. The van der Waals surface area contributed by atoms with Gasteiger partial charge in [0.05, 0.1) is 25.3 Å². The molecule has 2 aromatic carbocycles. The number of likely N-dealkylation sites (tertiary alicyclic amines) is 2. The molecule has 0 saturated carbocycles. The minimum Gasteiger partial charge on any atom is -0.466 e. The number of aliphatic hydroxyl groups is 1. The number of hydrogen-bond donors (Lipinski definition) is 7. The second-order valence-corrected chi connectivity index (χ2v) is 21.8. The summed E-state index contributed by atoms with van der Waals surface area (Å²) in [6, 6.07) is 9.27. The van der Waals surface area contributed by atoms with Crippen molar-refractivity contribution in [2.75, 3.05) is 26.3 Å². The van der Waals surface area contributed by atoms with Crippen molar-refractivity contribution in [2.45, 2.75) is 175 Å². The number of benzene rings is 2. The van der Waals surface area contributed by atoms with Crippen LogP contribution in [0.1, 0.15) is 119 Å². The standard InChI is InChI=1S/C29H42F2N4O7.C29H40F2N4O7/c2*1-6-42-22(37)15-21(36)33-24(18(4)5)27(40)35-14-10-13-20(35)26(39)34-23(17(2)3)25(38)29(30,31)28(41)32-16-19-11-8-7-9-12-19/h7-9,11-12,17-18,20,23-25,38H,6,10,13-16H2,1-5H3,(H,32,41)(H,33,36)(H,34,39);7-9,11-12,17-18,20,23-24H,6,10,13-16H2,1-5H3,(H,32,41)(H,33,36)(H,34,39)/t20?,23-,24-,25?;20?,23-,24-/m00/s1. The van der Waals surface area contributed by atoms with Crippen LogP contribution in [-0.4, -0.2) is 160 Å². The number of ether oxygens (including phenoxy) is 2. The Kier molecular flexibility index (Phi) is 27.9. The van der Waals surface area contributed by atoms with Crippen molar-refractivity contribution in [3.63, 3.8) is 0 Å². The first kappa shape index (κ1) is 70.8. The lowest BCUT2D eigenvalue weighted by molar-refractivity contribution is -0.170. The summed E-state index contributed by atoms with van der Waals surface area (Å²) >= 11 is 0. The van der Waals surface area contributed by atoms with Gasteiger partial charge in [0.25, 0.3) is 11.8 Å². The van der Waals surface area contributed by atoms with Crippen LogP contribution < -0.4 is 31.9 Å². The largest absolute Gasteiger partial charge is 0.466 e. The van der Waals surface area contributed by atoms with Crippen LogP contribution in [0.3, 0.4) is 0 Å². The molecule has 26 heteroatoms. The molecule has 466 valence electrons. The summed E-state index contributed by atoms with van der Waals surface area (Å²) in [5.41, 5.74) is 1.15. The predicted octanol–water partition coefficient (Wildman–Crippen LogP) is 3.26. The molecule has 0 radical (unpaired) electrons. The van der Waals surface area contributed by atoms with E-state index >= 15 is 8.78 Å². The quantitative estimate of drug-likeness (QED) is 0.0366. The second-order valence-electron chi connectivity index (χ2n) is 21.8. The molecule has 2 aromatic rings. The number of hydrogen-bond acceptors (Lipinski definition) is 14. The fraction of sp³-hybridized carbons (Fsp3) is 0.603. The van der Waals surface area contributed by atoms with E-state index in [1.165, 1.54) is 37.5 Å². The molecule has 8 amide bonds. The number of aliphatic hydroxyl groups excluding tert-OH is 1. The third kappa shape index (κ3) is 20.4. The maximum Gasteiger partial charge on any atom is 0.383 e. The van der Waals surface area contributed by atoms with Gasteiger partial charge in [0.2, 0.25) is 41.2 Å². The molecule has 0 bridgehead atoms.